The Morgan fingerprint density at radius 3 is 2.50 bits per heavy atom. The van der Waals surface area contributed by atoms with E-state index in [1.54, 1.807) is 39.7 Å². The number of hydrogen-bond acceptors (Lipinski definition) is 5. The van der Waals surface area contributed by atoms with Crippen molar-refractivity contribution < 1.29 is 18.3 Å². The number of anilines is 1. The second-order valence-corrected chi connectivity index (χ2v) is 6.09. The Morgan fingerprint density at radius 2 is 1.83 bits per heavy atom. The minimum absolute atomic E-state index is 0. The second-order valence-electron chi connectivity index (χ2n) is 6.09. The van der Waals surface area contributed by atoms with Crippen LogP contribution in [-0.2, 0) is 6.42 Å². The maximum atomic E-state index is 13.0. The van der Waals surface area contributed by atoms with Gasteiger partial charge >= 0.3 is 0 Å². The van der Waals surface area contributed by atoms with Crippen LogP contribution in [0, 0.1) is 5.82 Å². The molecule has 0 radical (unpaired) electrons. The van der Waals surface area contributed by atoms with Gasteiger partial charge in [0.2, 0.25) is 5.89 Å². The van der Waals surface area contributed by atoms with Crippen molar-refractivity contribution in [1.29, 1.82) is 0 Å². The molecule has 160 valence electrons. The summed E-state index contributed by atoms with van der Waals surface area (Å²) in [4.78, 5) is 8.66. The lowest BCUT2D eigenvalue weighted by Crippen LogP contribution is -2.32. The molecule has 9 heteroatoms. The predicted octanol–water partition coefficient (Wildman–Crippen LogP) is 4.35. The molecule has 0 fully saturated rings. The largest absolute Gasteiger partial charge is 0.493 e. The van der Waals surface area contributed by atoms with Gasteiger partial charge in [0, 0.05) is 37.3 Å². The van der Waals surface area contributed by atoms with Crippen molar-refractivity contribution in [3.63, 3.8) is 0 Å². The van der Waals surface area contributed by atoms with Crippen LogP contribution in [0.1, 0.15) is 5.69 Å². The molecular weight excluding hydrogens is 502 g/mol. The summed E-state index contributed by atoms with van der Waals surface area (Å²) in [6, 6.07) is 11.6. The molecule has 0 saturated carbocycles. The van der Waals surface area contributed by atoms with Gasteiger partial charge in [0.25, 0.3) is 0 Å². The number of guanidine groups is 1. The molecule has 0 bridgehead atoms. The first-order valence-electron chi connectivity index (χ1n) is 9.03. The fourth-order valence-electron chi connectivity index (χ4n) is 2.69. The minimum atomic E-state index is -0.293. The Morgan fingerprint density at radius 1 is 1.10 bits per heavy atom. The summed E-state index contributed by atoms with van der Waals surface area (Å²) in [5.41, 5.74) is 2.34. The molecule has 0 aliphatic rings. The predicted molar refractivity (Wildman–Crippen MR) is 126 cm³/mol. The van der Waals surface area contributed by atoms with E-state index >= 15 is 0 Å². The smallest absolute Gasteiger partial charge is 0.226 e. The summed E-state index contributed by atoms with van der Waals surface area (Å²) in [5, 5.41) is 6.43. The summed E-state index contributed by atoms with van der Waals surface area (Å²) in [7, 11) is 4.88. The maximum Gasteiger partial charge on any atom is 0.226 e. The van der Waals surface area contributed by atoms with Gasteiger partial charge in [-0.1, -0.05) is 0 Å². The van der Waals surface area contributed by atoms with Gasteiger partial charge < -0.3 is 24.5 Å². The number of hydrogen-bond donors (Lipinski definition) is 2. The summed E-state index contributed by atoms with van der Waals surface area (Å²) < 4.78 is 29.1. The third kappa shape index (κ3) is 6.09. The first kappa shape index (κ1) is 23.5. The number of benzene rings is 2. The number of ether oxygens (including phenoxy) is 2. The quantitative estimate of drug-likeness (QED) is 0.271. The van der Waals surface area contributed by atoms with Crippen LogP contribution in [0.2, 0.25) is 0 Å². The molecule has 0 atom stereocenters. The Bertz CT molecular complexity index is 977. The van der Waals surface area contributed by atoms with Gasteiger partial charge in [-0.15, -0.1) is 24.0 Å². The molecule has 0 amide bonds. The highest BCUT2D eigenvalue weighted by Gasteiger charge is 2.09. The normalized spacial score (nSPS) is 10.9. The molecule has 1 heterocycles. The van der Waals surface area contributed by atoms with Crippen molar-refractivity contribution in [2.24, 2.45) is 4.99 Å². The Labute approximate surface area is 191 Å². The number of halogens is 2. The molecule has 0 aliphatic heterocycles. The third-order valence-electron chi connectivity index (χ3n) is 4.19. The zero-order valence-corrected chi connectivity index (χ0v) is 19.3. The highest BCUT2D eigenvalue weighted by molar-refractivity contribution is 14.0. The Kier molecular flexibility index (Phi) is 8.90. The molecule has 2 N–H and O–H groups in total. The zero-order chi connectivity index (χ0) is 20.6. The van der Waals surface area contributed by atoms with Crippen molar-refractivity contribution in [2.45, 2.75) is 6.42 Å². The highest BCUT2D eigenvalue weighted by Crippen LogP contribution is 2.29. The van der Waals surface area contributed by atoms with E-state index in [2.05, 4.69) is 20.6 Å². The molecule has 3 aromatic rings. The van der Waals surface area contributed by atoms with Crippen LogP contribution >= 0.6 is 24.0 Å². The summed E-state index contributed by atoms with van der Waals surface area (Å²) in [6.45, 7) is 0.600. The molecule has 0 saturated heterocycles. The number of aliphatic imine (C=N–C) groups is 1. The van der Waals surface area contributed by atoms with Crippen molar-refractivity contribution in [3.8, 4) is 23.0 Å². The van der Waals surface area contributed by atoms with Crippen molar-refractivity contribution in [3.05, 3.63) is 60.2 Å². The van der Waals surface area contributed by atoms with Crippen LogP contribution in [0.25, 0.3) is 11.5 Å². The average Bonchev–Trinajstić information content (AvgIpc) is 3.22. The van der Waals surface area contributed by atoms with Gasteiger partial charge in [0.15, 0.2) is 17.5 Å². The van der Waals surface area contributed by atoms with Crippen molar-refractivity contribution >= 4 is 35.6 Å². The minimum Gasteiger partial charge on any atom is -0.493 e. The third-order valence-corrected chi connectivity index (χ3v) is 4.19. The molecule has 30 heavy (non-hydrogen) atoms. The molecule has 2 aromatic carbocycles. The lowest BCUT2D eigenvalue weighted by Gasteiger charge is -2.13. The molecule has 1 aromatic heterocycles. The van der Waals surface area contributed by atoms with Crippen LogP contribution in [0.5, 0.6) is 11.5 Å². The van der Waals surface area contributed by atoms with Crippen LogP contribution in [0.3, 0.4) is 0 Å². The highest BCUT2D eigenvalue weighted by atomic mass is 127. The SMILES string of the molecule is CN=C(NCCc1coc(-c2ccc(F)cc2)n1)Nc1ccc(OC)c(OC)c1.I. The second kappa shape index (κ2) is 11.4. The molecule has 0 aliphatic carbocycles. The molecule has 0 spiro atoms. The van der Waals surface area contributed by atoms with E-state index in [1.165, 1.54) is 12.1 Å². The first-order chi connectivity index (χ1) is 14.1. The molecule has 7 nitrogen and oxygen atoms in total. The lowest BCUT2D eigenvalue weighted by molar-refractivity contribution is 0.355. The number of methoxy groups -OCH3 is 2. The van der Waals surface area contributed by atoms with Crippen LogP contribution < -0.4 is 20.1 Å². The van der Waals surface area contributed by atoms with E-state index in [1.807, 2.05) is 18.2 Å². The summed E-state index contributed by atoms with van der Waals surface area (Å²) in [6.07, 6.45) is 2.24. The first-order valence-corrected chi connectivity index (χ1v) is 9.03. The Hall–Kier alpha value is -2.82. The van der Waals surface area contributed by atoms with E-state index in [0.29, 0.717) is 36.3 Å². The molecule has 3 rings (SSSR count). The number of nitrogens with zero attached hydrogens (tertiary/aromatic N) is 2. The van der Waals surface area contributed by atoms with Crippen LogP contribution in [0.15, 0.2) is 58.1 Å². The van der Waals surface area contributed by atoms with Gasteiger partial charge in [0.05, 0.1) is 19.9 Å². The number of nitrogens with one attached hydrogen (secondary N) is 2. The van der Waals surface area contributed by atoms with E-state index in [-0.39, 0.29) is 29.8 Å². The number of rotatable bonds is 7. The number of aromatic nitrogens is 1. The Balaban J connectivity index is 0.00000320. The summed E-state index contributed by atoms with van der Waals surface area (Å²) >= 11 is 0. The fourth-order valence-corrected chi connectivity index (χ4v) is 2.69. The lowest BCUT2D eigenvalue weighted by atomic mass is 10.2. The van der Waals surface area contributed by atoms with Crippen LogP contribution in [-0.4, -0.2) is 38.8 Å². The van der Waals surface area contributed by atoms with Crippen molar-refractivity contribution in [1.82, 2.24) is 10.3 Å². The zero-order valence-electron chi connectivity index (χ0n) is 16.9. The summed E-state index contributed by atoms with van der Waals surface area (Å²) in [5.74, 6) is 2.07. The standard InChI is InChI=1S/C21H23FN4O3.HI/c1-23-21(26-16-8-9-18(27-2)19(12-16)28-3)24-11-10-17-13-29-20(25-17)14-4-6-15(22)7-5-14;/h4-9,12-13H,10-11H2,1-3H3,(H2,23,24,26);1H. The fraction of sp³-hybridized carbons (Fsp3) is 0.238. The van der Waals surface area contributed by atoms with E-state index in [0.717, 1.165) is 16.9 Å². The van der Waals surface area contributed by atoms with Gasteiger partial charge in [-0.2, -0.15) is 0 Å². The maximum absolute atomic E-state index is 13.0. The van der Waals surface area contributed by atoms with Gasteiger partial charge in [-0.05, 0) is 36.4 Å². The van der Waals surface area contributed by atoms with E-state index in [4.69, 9.17) is 13.9 Å². The van der Waals surface area contributed by atoms with Gasteiger partial charge in [0.1, 0.15) is 12.1 Å². The van der Waals surface area contributed by atoms with E-state index < -0.39 is 0 Å². The average molecular weight is 526 g/mol. The van der Waals surface area contributed by atoms with E-state index in [9.17, 15) is 4.39 Å². The topological polar surface area (TPSA) is 80.9 Å². The monoisotopic (exact) mass is 526 g/mol. The number of oxazole rings is 1. The molecular formula is C21H24FIN4O3. The van der Waals surface area contributed by atoms with Crippen LogP contribution in [0.4, 0.5) is 10.1 Å². The molecule has 0 unspecified atom stereocenters. The van der Waals surface area contributed by atoms with Crippen molar-refractivity contribution in [2.75, 3.05) is 33.1 Å². The van der Waals surface area contributed by atoms with Gasteiger partial charge in [-0.3, -0.25) is 4.99 Å². The van der Waals surface area contributed by atoms with Gasteiger partial charge in [-0.25, -0.2) is 9.37 Å².